The molecule has 0 atom stereocenters. The predicted molar refractivity (Wildman–Crippen MR) is 60.6 cm³/mol. The molecule has 0 radical (unpaired) electrons. The molecule has 0 spiro atoms. The largest absolute Gasteiger partial charge is 0.326 e. The number of hydrogen-bond donors (Lipinski definition) is 2. The van der Waals surface area contributed by atoms with Crippen molar-refractivity contribution in [3.63, 3.8) is 0 Å². The molecule has 1 heterocycles. The third-order valence-corrected chi connectivity index (χ3v) is 3.43. The number of nitrogens with one attached hydrogen (secondary N) is 1. The van der Waals surface area contributed by atoms with Gasteiger partial charge in [0.25, 0.3) is 0 Å². The van der Waals surface area contributed by atoms with E-state index in [2.05, 4.69) is 16.3 Å². The molecule has 1 fully saturated rings. The van der Waals surface area contributed by atoms with Crippen LogP contribution in [-0.2, 0) is 6.54 Å². The van der Waals surface area contributed by atoms with Crippen molar-refractivity contribution in [2.75, 3.05) is 0 Å². The average molecular weight is 201 g/mol. The molecular formula is C12H15N3. The van der Waals surface area contributed by atoms with Crippen LogP contribution in [0.3, 0.4) is 0 Å². The second-order valence-electron chi connectivity index (χ2n) is 4.28. The summed E-state index contributed by atoms with van der Waals surface area (Å²) in [5.74, 6) is 0.683. The Hall–Kier alpha value is -1.35. The van der Waals surface area contributed by atoms with Crippen molar-refractivity contribution in [3.8, 4) is 0 Å². The summed E-state index contributed by atoms with van der Waals surface area (Å²) in [5.41, 5.74) is 9.33. The fourth-order valence-corrected chi connectivity index (χ4v) is 2.33. The monoisotopic (exact) mass is 201 g/mol. The lowest BCUT2D eigenvalue weighted by Crippen LogP contribution is -2.10. The predicted octanol–water partition coefficient (Wildman–Crippen LogP) is 2.29. The molecule has 1 aliphatic carbocycles. The molecule has 15 heavy (non-hydrogen) atoms. The van der Waals surface area contributed by atoms with Crippen molar-refractivity contribution < 1.29 is 0 Å². The molecule has 2 aromatic rings. The molecule has 0 bridgehead atoms. The molecule has 0 amide bonds. The van der Waals surface area contributed by atoms with Gasteiger partial charge >= 0.3 is 0 Å². The molecule has 0 unspecified atom stereocenters. The van der Waals surface area contributed by atoms with Gasteiger partial charge in [-0.25, -0.2) is 0 Å². The normalized spacial score (nSPS) is 16.9. The lowest BCUT2D eigenvalue weighted by atomic mass is 9.81. The van der Waals surface area contributed by atoms with Crippen molar-refractivity contribution in [2.24, 2.45) is 5.73 Å². The highest BCUT2D eigenvalue weighted by Gasteiger charge is 2.24. The van der Waals surface area contributed by atoms with Crippen LogP contribution in [0.2, 0.25) is 0 Å². The minimum Gasteiger partial charge on any atom is -0.326 e. The molecule has 1 saturated carbocycles. The number of rotatable bonds is 2. The molecule has 1 aromatic carbocycles. The number of fused-ring (bicyclic) bond motifs is 1. The molecule has 0 aliphatic heterocycles. The third-order valence-electron chi connectivity index (χ3n) is 3.43. The van der Waals surface area contributed by atoms with Crippen LogP contribution in [0.1, 0.15) is 36.4 Å². The van der Waals surface area contributed by atoms with Crippen LogP contribution in [0, 0.1) is 0 Å². The molecule has 78 valence electrons. The number of aromatic amines is 1. The van der Waals surface area contributed by atoms with Crippen LogP contribution < -0.4 is 5.73 Å². The zero-order valence-electron chi connectivity index (χ0n) is 8.66. The van der Waals surface area contributed by atoms with Gasteiger partial charge in [-0.3, -0.25) is 5.10 Å². The number of nitrogens with zero attached hydrogens (tertiary/aromatic N) is 1. The first-order valence-electron chi connectivity index (χ1n) is 5.56. The fourth-order valence-electron chi connectivity index (χ4n) is 2.33. The summed E-state index contributed by atoms with van der Waals surface area (Å²) < 4.78 is 0. The second-order valence-corrected chi connectivity index (χ2v) is 4.28. The van der Waals surface area contributed by atoms with Gasteiger partial charge in [-0.15, -0.1) is 0 Å². The number of nitrogens with two attached hydrogens (primary N) is 1. The maximum atomic E-state index is 5.76. The zero-order chi connectivity index (χ0) is 10.3. The first-order chi connectivity index (χ1) is 7.40. The van der Waals surface area contributed by atoms with E-state index in [-0.39, 0.29) is 0 Å². The molecule has 3 rings (SSSR count). The highest BCUT2D eigenvalue weighted by molar-refractivity contribution is 5.85. The summed E-state index contributed by atoms with van der Waals surface area (Å²) >= 11 is 0. The average Bonchev–Trinajstić information content (AvgIpc) is 2.59. The molecule has 3 N–H and O–H groups in total. The van der Waals surface area contributed by atoms with Gasteiger partial charge in [0.15, 0.2) is 0 Å². The molecule has 1 aliphatic rings. The quantitative estimate of drug-likeness (QED) is 0.783. The first kappa shape index (κ1) is 8.92. The fraction of sp³-hybridized carbons (Fsp3) is 0.417. The van der Waals surface area contributed by atoms with Crippen molar-refractivity contribution in [3.05, 3.63) is 29.5 Å². The number of H-pyrrole nitrogens is 1. The highest BCUT2D eigenvalue weighted by atomic mass is 15.1. The van der Waals surface area contributed by atoms with Crippen molar-refractivity contribution in [1.82, 2.24) is 10.2 Å². The Bertz CT molecular complexity index is 483. The van der Waals surface area contributed by atoms with Gasteiger partial charge in [-0.05, 0) is 24.5 Å². The van der Waals surface area contributed by atoms with E-state index in [9.17, 15) is 0 Å². The van der Waals surface area contributed by atoms with Gasteiger partial charge in [0.2, 0.25) is 0 Å². The SMILES string of the molecule is NCc1cccc2n[nH]c(C3CCC3)c12. The van der Waals surface area contributed by atoms with E-state index in [4.69, 9.17) is 5.73 Å². The van der Waals surface area contributed by atoms with Gasteiger partial charge in [0, 0.05) is 23.5 Å². The Kier molecular flexibility index (Phi) is 1.99. The lowest BCUT2D eigenvalue weighted by Gasteiger charge is -2.24. The van der Waals surface area contributed by atoms with E-state index >= 15 is 0 Å². The van der Waals surface area contributed by atoms with Gasteiger partial charge in [0.05, 0.1) is 5.52 Å². The maximum absolute atomic E-state index is 5.76. The summed E-state index contributed by atoms with van der Waals surface area (Å²) in [6.45, 7) is 0.594. The second kappa shape index (κ2) is 3.35. The van der Waals surface area contributed by atoms with Gasteiger partial charge in [0.1, 0.15) is 0 Å². The first-order valence-corrected chi connectivity index (χ1v) is 5.56. The topological polar surface area (TPSA) is 54.7 Å². The standard InChI is InChI=1S/C12H15N3/c13-7-9-5-2-6-10-11(9)12(15-14-10)8-3-1-4-8/h2,5-6,8H,1,3-4,7,13H2,(H,14,15). The summed E-state index contributed by atoms with van der Waals surface area (Å²) in [6.07, 6.45) is 3.92. The van der Waals surface area contributed by atoms with E-state index in [0.29, 0.717) is 12.5 Å². The smallest absolute Gasteiger partial charge is 0.0927 e. The van der Waals surface area contributed by atoms with Crippen molar-refractivity contribution in [1.29, 1.82) is 0 Å². The number of hydrogen-bond acceptors (Lipinski definition) is 2. The highest BCUT2D eigenvalue weighted by Crippen LogP contribution is 2.39. The lowest BCUT2D eigenvalue weighted by molar-refractivity contribution is 0.413. The Labute approximate surface area is 88.7 Å². The van der Waals surface area contributed by atoms with E-state index in [1.165, 1.54) is 35.9 Å². The van der Waals surface area contributed by atoms with Crippen LogP contribution in [0.4, 0.5) is 0 Å². The van der Waals surface area contributed by atoms with E-state index < -0.39 is 0 Å². The number of aromatic nitrogens is 2. The van der Waals surface area contributed by atoms with Crippen LogP contribution in [0.15, 0.2) is 18.2 Å². The van der Waals surface area contributed by atoms with Crippen molar-refractivity contribution in [2.45, 2.75) is 31.7 Å². The van der Waals surface area contributed by atoms with E-state index in [1.54, 1.807) is 0 Å². The van der Waals surface area contributed by atoms with E-state index in [0.717, 1.165) is 5.52 Å². The maximum Gasteiger partial charge on any atom is 0.0927 e. The molecule has 3 nitrogen and oxygen atoms in total. The number of benzene rings is 1. The molecular weight excluding hydrogens is 186 g/mol. The Morgan fingerprint density at radius 1 is 1.40 bits per heavy atom. The van der Waals surface area contributed by atoms with Crippen LogP contribution in [0.25, 0.3) is 10.9 Å². The minimum atomic E-state index is 0.594. The van der Waals surface area contributed by atoms with Gasteiger partial charge in [-0.2, -0.15) is 5.10 Å². The summed E-state index contributed by atoms with van der Waals surface area (Å²) in [5, 5.41) is 8.80. The Balaban J connectivity index is 2.20. The van der Waals surface area contributed by atoms with Crippen LogP contribution >= 0.6 is 0 Å². The van der Waals surface area contributed by atoms with Crippen LogP contribution in [0.5, 0.6) is 0 Å². The molecule has 1 aromatic heterocycles. The summed E-state index contributed by atoms with van der Waals surface area (Å²) in [6, 6.07) is 6.17. The van der Waals surface area contributed by atoms with Crippen LogP contribution in [-0.4, -0.2) is 10.2 Å². The Morgan fingerprint density at radius 2 is 2.27 bits per heavy atom. The van der Waals surface area contributed by atoms with Gasteiger partial charge in [-0.1, -0.05) is 18.6 Å². The van der Waals surface area contributed by atoms with Gasteiger partial charge < -0.3 is 5.73 Å². The third kappa shape index (κ3) is 1.27. The van der Waals surface area contributed by atoms with E-state index in [1.807, 2.05) is 12.1 Å². The zero-order valence-corrected chi connectivity index (χ0v) is 8.66. The summed E-state index contributed by atoms with van der Waals surface area (Å²) in [7, 11) is 0. The molecule has 0 saturated heterocycles. The molecule has 3 heteroatoms. The Morgan fingerprint density at radius 3 is 2.93 bits per heavy atom. The van der Waals surface area contributed by atoms with Crippen molar-refractivity contribution >= 4 is 10.9 Å². The minimum absolute atomic E-state index is 0.594. The summed E-state index contributed by atoms with van der Waals surface area (Å²) in [4.78, 5) is 0.